The molecular formula is C13H18N2O3. The van der Waals surface area contributed by atoms with E-state index in [9.17, 15) is 4.79 Å². The molecule has 2 heterocycles. The van der Waals surface area contributed by atoms with E-state index in [1.807, 2.05) is 0 Å². The standard InChI is InChI=1S/C13H18N2O3/c1-15-7-5-10(6-8-15)18-11-3-4-12(14-9-11)13(16)17-2/h3-4,9-10H,5-8H2,1-2H3. The fourth-order valence-electron chi connectivity index (χ4n) is 1.97. The molecule has 0 aromatic carbocycles. The summed E-state index contributed by atoms with van der Waals surface area (Å²) >= 11 is 0. The van der Waals surface area contributed by atoms with Crippen LogP contribution in [0.2, 0.25) is 0 Å². The van der Waals surface area contributed by atoms with Crippen LogP contribution >= 0.6 is 0 Å². The third kappa shape index (κ3) is 3.20. The molecule has 1 fully saturated rings. The lowest BCUT2D eigenvalue weighted by molar-refractivity contribution is 0.0593. The van der Waals surface area contributed by atoms with Gasteiger partial charge in [0.15, 0.2) is 0 Å². The van der Waals surface area contributed by atoms with E-state index in [2.05, 4.69) is 21.7 Å². The molecule has 0 aliphatic carbocycles. The number of ether oxygens (including phenoxy) is 2. The first kappa shape index (κ1) is 12.8. The van der Waals surface area contributed by atoms with Crippen LogP contribution in [0.1, 0.15) is 23.3 Å². The van der Waals surface area contributed by atoms with Gasteiger partial charge >= 0.3 is 5.97 Å². The normalized spacial score (nSPS) is 17.4. The first-order valence-corrected chi connectivity index (χ1v) is 6.08. The van der Waals surface area contributed by atoms with Gasteiger partial charge in [-0.1, -0.05) is 0 Å². The highest BCUT2D eigenvalue weighted by molar-refractivity contribution is 5.87. The van der Waals surface area contributed by atoms with Crippen molar-refractivity contribution >= 4 is 5.97 Å². The molecular weight excluding hydrogens is 232 g/mol. The topological polar surface area (TPSA) is 51.7 Å². The molecule has 1 saturated heterocycles. The van der Waals surface area contributed by atoms with Crippen molar-refractivity contribution in [1.82, 2.24) is 9.88 Å². The molecule has 1 aromatic rings. The number of rotatable bonds is 3. The summed E-state index contributed by atoms with van der Waals surface area (Å²) in [5.74, 6) is 0.276. The molecule has 98 valence electrons. The number of aromatic nitrogens is 1. The maximum absolute atomic E-state index is 11.2. The van der Waals surface area contributed by atoms with Crippen molar-refractivity contribution in [2.24, 2.45) is 0 Å². The Labute approximate surface area is 107 Å². The Hall–Kier alpha value is -1.62. The van der Waals surface area contributed by atoms with Gasteiger partial charge in [0.25, 0.3) is 0 Å². The van der Waals surface area contributed by atoms with E-state index in [0.717, 1.165) is 25.9 Å². The van der Waals surface area contributed by atoms with E-state index < -0.39 is 5.97 Å². The number of esters is 1. The number of carbonyl (C=O) groups is 1. The van der Waals surface area contributed by atoms with Crippen LogP contribution in [0.4, 0.5) is 0 Å². The summed E-state index contributed by atoms with van der Waals surface area (Å²) in [7, 11) is 3.45. The lowest BCUT2D eigenvalue weighted by Gasteiger charge is -2.29. The Bertz CT molecular complexity index is 397. The number of likely N-dealkylation sites (tertiary alicyclic amines) is 1. The second kappa shape index (κ2) is 5.82. The van der Waals surface area contributed by atoms with Crippen LogP contribution in [0.25, 0.3) is 0 Å². The fraction of sp³-hybridized carbons (Fsp3) is 0.538. The summed E-state index contributed by atoms with van der Waals surface area (Å²) in [5.41, 5.74) is 0.299. The third-order valence-electron chi connectivity index (χ3n) is 3.10. The molecule has 0 saturated carbocycles. The van der Waals surface area contributed by atoms with Gasteiger partial charge in [-0.05, 0) is 32.0 Å². The largest absolute Gasteiger partial charge is 0.489 e. The van der Waals surface area contributed by atoms with E-state index in [1.165, 1.54) is 7.11 Å². The summed E-state index contributed by atoms with van der Waals surface area (Å²) < 4.78 is 10.4. The lowest BCUT2D eigenvalue weighted by atomic mass is 10.1. The summed E-state index contributed by atoms with van der Waals surface area (Å²) in [6.07, 6.45) is 3.86. The van der Waals surface area contributed by atoms with Crippen molar-refractivity contribution in [3.8, 4) is 5.75 Å². The van der Waals surface area contributed by atoms with Crippen LogP contribution in [0.5, 0.6) is 5.75 Å². The van der Waals surface area contributed by atoms with Gasteiger partial charge in [-0.15, -0.1) is 0 Å². The van der Waals surface area contributed by atoms with Crippen molar-refractivity contribution in [1.29, 1.82) is 0 Å². The molecule has 0 spiro atoms. The number of pyridine rings is 1. The predicted octanol–water partition coefficient (Wildman–Crippen LogP) is 1.34. The summed E-state index contributed by atoms with van der Waals surface area (Å²) in [5, 5.41) is 0. The number of methoxy groups -OCH3 is 1. The van der Waals surface area contributed by atoms with Crippen molar-refractivity contribution in [2.75, 3.05) is 27.2 Å². The SMILES string of the molecule is COC(=O)c1ccc(OC2CCN(C)CC2)cn1. The Morgan fingerprint density at radius 1 is 1.39 bits per heavy atom. The second-order valence-corrected chi connectivity index (χ2v) is 4.49. The highest BCUT2D eigenvalue weighted by Crippen LogP contribution is 2.17. The molecule has 0 N–H and O–H groups in total. The lowest BCUT2D eigenvalue weighted by Crippen LogP contribution is -2.35. The summed E-state index contributed by atoms with van der Waals surface area (Å²) in [6, 6.07) is 3.38. The number of piperidine rings is 1. The second-order valence-electron chi connectivity index (χ2n) is 4.49. The molecule has 0 atom stereocenters. The average Bonchev–Trinajstić information content (AvgIpc) is 2.41. The van der Waals surface area contributed by atoms with Crippen LogP contribution in [0.15, 0.2) is 18.3 Å². The van der Waals surface area contributed by atoms with Crippen LogP contribution in [0.3, 0.4) is 0 Å². The minimum absolute atomic E-state index is 0.243. The van der Waals surface area contributed by atoms with Crippen LogP contribution in [-0.2, 0) is 4.74 Å². The first-order chi connectivity index (χ1) is 8.69. The number of nitrogens with zero attached hydrogens (tertiary/aromatic N) is 2. The maximum atomic E-state index is 11.2. The number of carbonyl (C=O) groups excluding carboxylic acids is 1. The quantitative estimate of drug-likeness (QED) is 0.758. The van der Waals surface area contributed by atoms with Gasteiger partial charge in [0.05, 0.1) is 13.3 Å². The molecule has 2 rings (SSSR count). The monoisotopic (exact) mass is 250 g/mol. The predicted molar refractivity (Wildman–Crippen MR) is 66.7 cm³/mol. The molecule has 0 radical (unpaired) electrons. The highest BCUT2D eigenvalue weighted by Gasteiger charge is 2.18. The van der Waals surface area contributed by atoms with E-state index in [0.29, 0.717) is 11.4 Å². The van der Waals surface area contributed by atoms with Gasteiger partial charge in [0.1, 0.15) is 17.5 Å². The molecule has 5 heteroatoms. The van der Waals surface area contributed by atoms with Gasteiger partial charge in [-0.25, -0.2) is 9.78 Å². The molecule has 1 aromatic heterocycles. The molecule has 0 amide bonds. The van der Waals surface area contributed by atoms with Gasteiger partial charge in [-0.2, -0.15) is 0 Å². The molecule has 1 aliphatic heterocycles. The zero-order valence-corrected chi connectivity index (χ0v) is 10.8. The van der Waals surface area contributed by atoms with E-state index in [4.69, 9.17) is 4.74 Å². The smallest absolute Gasteiger partial charge is 0.356 e. The number of hydrogen-bond acceptors (Lipinski definition) is 5. The average molecular weight is 250 g/mol. The fourth-order valence-corrected chi connectivity index (χ4v) is 1.97. The van der Waals surface area contributed by atoms with Crippen molar-refractivity contribution < 1.29 is 14.3 Å². The molecule has 5 nitrogen and oxygen atoms in total. The van der Waals surface area contributed by atoms with E-state index in [-0.39, 0.29) is 6.10 Å². The Morgan fingerprint density at radius 3 is 2.67 bits per heavy atom. The highest BCUT2D eigenvalue weighted by atomic mass is 16.5. The Balaban J connectivity index is 1.92. The third-order valence-corrected chi connectivity index (χ3v) is 3.10. The van der Waals surface area contributed by atoms with Crippen LogP contribution in [0, 0.1) is 0 Å². The molecule has 1 aliphatic rings. The van der Waals surface area contributed by atoms with E-state index in [1.54, 1.807) is 18.3 Å². The van der Waals surface area contributed by atoms with Crippen LogP contribution < -0.4 is 4.74 Å². The van der Waals surface area contributed by atoms with Crippen molar-refractivity contribution in [2.45, 2.75) is 18.9 Å². The van der Waals surface area contributed by atoms with Crippen molar-refractivity contribution in [3.05, 3.63) is 24.0 Å². The van der Waals surface area contributed by atoms with E-state index >= 15 is 0 Å². The maximum Gasteiger partial charge on any atom is 0.356 e. The molecule has 0 unspecified atom stereocenters. The zero-order chi connectivity index (χ0) is 13.0. The number of hydrogen-bond donors (Lipinski definition) is 0. The Morgan fingerprint density at radius 2 is 2.11 bits per heavy atom. The Kier molecular flexibility index (Phi) is 4.15. The molecule has 18 heavy (non-hydrogen) atoms. The van der Waals surface area contributed by atoms with Gasteiger partial charge in [-0.3, -0.25) is 0 Å². The van der Waals surface area contributed by atoms with Gasteiger partial charge < -0.3 is 14.4 Å². The van der Waals surface area contributed by atoms with Crippen LogP contribution in [-0.4, -0.2) is 49.2 Å². The zero-order valence-electron chi connectivity index (χ0n) is 10.8. The van der Waals surface area contributed by atoms with Crippen molar-refractivity contribution in [3.63, 3.8) is 0 Å². The van der Waals surface area contributed by atoms with Gasteiger partial charge in [0.2, 0.25) is 0 Å². The summed E-state index contributed by atoms with van der Waals surface area (Å²) in [6.45, 7) is 2.11. The minimum Gasteiger partial charge on any atom is -0.489 e. The minimum atomic E-state index is -0.430. The van der Waals surface area contributed by atoms with Gasteiger partial charge in [0, 0.05) is 13.1 Å². The summed E-state index contributed by atoms with van der Waals surface area (Å²) in [4.78, 5) is 17.5. The first-order valence-electron chi connectivity index (χ1n) is 6.08. The molecule has 0 bridgehead atoms.